The summed E-state index contributed by atoms with van der Waals surface area (Å²) in [5, 5.41) is 1.79. The maximum absolute atomic E-state index is 12.2. The van der Waals surface area contributed by atoms with Crippen molar-refractivity contribution in [3.05, 3.63) is 46.2 Å². The Labute approximate surface area is 129 Å². The topological polar surface area (TPSA) is 36.1 Å². The first-order chi connectivity index (χ1) is 10.1. The Kier molecular flexibility index (Phi) is 4.36. The molecule has 0 unspecified atom stereocenters. The molecular formula is C17H22N2OS. The molecule has 0 amide bonds. The van der Waals surface area contributed by atoms with E-state index in [2.05, 4.69) is 41.6 Å². The summed E-state index contributed by atoms with van der Waals surface area (Å²) in [6, 6.07) is 10.0. The minimum atomic E-state index is 0.0491. The van der Waals surface area contributed by atoms with Gasteiger partial charge < -0.3 is 4.98 Å². The number of rotatable bonds is 3. The number of H-pyrrole nitrogens is 1. The molecule has 1 atom stereocenters. The largest absolute Gasteiger partial charge is 0.322 e. The summed E-state index contributed by atoms with van der Waals surface area (Å²) >= 11 is 2.06. The average molecular weight is 302 g/mol. The van der Waals surface area contributed by atoms with E-state index in [-0.39, 0.29) is 5.56 Å². The Morgan fingerprint density at radius 1 is 1.38 bits per heavy atom. The number of nitrogens with one attached hydrogen (secondary N) is 1. The Morgan fingerprint density at radius 2 is 2.19 bits per heavy atom. The van der Waals surface area contributed by atoms with Gasteiger partial charge in [-0.15, -0.1) is 0 Å². The van der Waals surface area contributed by atoms with Crippen LogP contribution in [0.2, 0.25) is 0 Å². The van der Waals surface area contributed by atoms with Crippen LogP contribution in [0.4, 0.5) is 0 Å². The molecule has 0 spiro atoms. The number of hydrogen-bond donors (Lipinski definition) is 1. The molecule has 1 aliphatic rings. The van der Waals surface area contributed by atoms with Gasteiger partial charge in [0.25, 0.3) is 5.56 Å². The van der Waals surface area contributed by atoms with Crippen LogP contribution in [-0.2, 0) is 6.54 Å². The molecule has 1 N–H and O–H groups in total. The van der Waals surface area contributed by atoms with Crippen LogP contribution in [-0.4, -0.2) is 34.0 Å². The summed E-state index contributed by atoms with van der Waals surface area (Å²) in [6.07, 6.45) is 0. The van der Waals surface area contributed by atoms with E-state index in [1.807, 2.05) is 24.3 Å². The van der Waals surface area contributed by atoms with Crippen LogP contribution in [0.15, 0.2) is 35.1 Å². The number of aromatic amines is 1. The fourth-order valence-electron chi connectivity index (χ4n) is 2.83. The third kappa shape index (κ3) is 3.33. The van der Waals surface area contributed by atoms with Gasteiger partial charge in [0.05, 0.1) is 0 Å². The molecule has 3 rings (SSSR count). The summed E-state index contributed by atoms with van der Waals surface area (Å²) in [5.74, 6) is 1.85. The second kappa shape index (κ2) is 6.24. The molecule has 0 radical (unpaired) electrons. The van der Waals surface area contributed by atoms with Gasteiger partial charge in [0, 0.05) is 41.7 Å². The SMILES string of the molecule is CC(C)[C@@H]1CN(Cc2cc3ccccc3[nH]c2=O)CCS1. The van der Waals surface area contributed by atoms with E-state index in [9.17, 15) is 4.79 Å². The molecule has 2 heterocycles. The average Bonchev–Trinajstić information content (AvgIpc) is 2.48. The monoisotopic (exact) mass is 302 g/mol. The number of aromatic nitrogens is 1. The van der Waals surface area contributed by atoms with Gasteiger partial charge in [-0.2, -0.15) is 11.8 Å². The molecule has 4 heteroatoms. The molecule has 1 aromatic carbocycles. The Hall–Kier alpha value is -1.26. The second-order valence-corrected chi connectivity index (χ2v) is 7.45. The van der Waals surface area contributed by atoms with Crippen molar-refractivity contribution in [1.29, 1.82) is 0 Å². The first kappa shape index (κ1) is 14.7. The van der Waals surface area contributed by atoms with E-state index in [0.29, 0.717) is 11.2 Å². The molecule has 0 bridgehead atoms. The molecule has 1 aromatic heterocycles. The molecule has 0 saturated carbocycles. The van der Waals surface area contributed by atoms with Crippen molar-refractivity contribution in [2.24, 2.45) is 5.92 Å². The first-order valence-electron chi connectivity index (χ1n) is 7.58. The van der Waals surface area contributed by atoms with Gasteiger partial charge in [0.2, 0.25) is 0 Å². The third-order valence-electron chi connectivity index (χ3n) is 4.15. The highest BCUT2D eigenvalue weighted by Gasteiger charge is 2.23. The van der Waals surface area contributed by atoms with Crippen molar-refractivity contribution in [2.45, 2.75) is 25.6 Å². The van der Waals surface area contributed by atoms with Crippen LogP contribution in [0.3, 0.4) is 0 Å². The van der Waals surface area contributed by atoms with Crippen molar-refractivity contribution in [1.82, 2.24) is 9.88 Å². The fourth-order valence-corrected chi connectivity index (χ4v) is 4.20. The van der Waals surface area contributed by atoms with E-state index < -0.39 is 0 Å². The zero-order chi connectivity index (χ0) is 14.8. The van der Waals surface area contributed by atoms with Crippen LogP contribution in [0.1, 0.15) is 19.4 Å². The highest BCUT2D eigenvalue weighted by Crippen LogP contribution is 2.25. The Morgan fingerprint density at radius 3 is 3.00 bits per heavy atom. The van der Waals surface area contributed by atoms with Crippen molar-refractivity contribution in [3.63, 3.8) is 0 Å². The number of nitrogens with zero attached hydrogens (tertiary/aromatic N) is 1. The van der Waals surface area contributed by atoms with Gasteiger partial charge in [-0.25, -0.2) is 0 Å². The predicted octanol–water partition coefficient (Wildman–Crippen LogP) is 3.10. The number of thioether (sulfide) groups is 1. The molecule has 3 nitrogen and oxygen atoms in total. The van der Waals surface area contributed by atoms with Gasteiger partial charge in [-0.3, -0.25) is 9.69 Å². The molecule has 112 valence electrons. The molecule has 1 saturated heterocycles. The number of benzene rings is 1. The van der Waals surface area contributed by atoms with E-state index in [1.165, 1.54) is 0 Å². The number of para-hydroxylation sites is 1. The normalized spacial score (nSPS) is 20.2. The fraction of sp³-hybridized carbons (Fsp3) is 0.471. The summed E-state index contributed by atoms with van der Waals surface area (Å²) < 4.78 is 0. The van der Waals surface area contributed by atoms with Crippen LogP contribution in [0.25, 0.3) is 10.9 Å². The quantitative estimate of drug-likeness (QED) is 0.946. The van der Waals surface area contributed by atoms with Gasteiger partial charge in [-0.05, 0) is 23.4 Å². The third-order valence-corrected chi connectivity index (χ3v) is 5.69. The maximum atomic E-state index is 12.2. The summed E-state index contributed by atoms with van der Waals surface area (Å²) in [4.78, 5) is 17.6. The molecule has 1 fully saturated rings. The lowest BCUT2D eigenvalue weighted by molar-refractivity contribution is 0.259. The highest BCUT2D eigenvalue weighted by atomic mass is 32.2. The zero-order valence-electron chi connectivity index (χ0n) is 12.6. The molecule has 21 heavy (non-hydrogen) atoms. The minimum Gasteiger partial charge on any atom is -0.322 e. The van der Waals surface area contributed by atoms with E-state index in [4.69, 9.17) is 0 Å². The smallest absolute Gasteiger partial charge is 0.252 e. The van der Waals surface area contributed by atoms with Crippen molar-refractivity contribution in [3.8, 4) is 0 Å². The van der Waals surface area contributed by atoms with Crippen molar-refractivity contribution < 1.29 is 0 Å². The highest BCUT2D eigenvalue weighted by molar-refractivity contribution is 8.00. The molecule has 0 aliphatic carbocycles. The van der Waals surface area contributed by atoms with Gasteiger partial charge in [0.1, 0.15) is 0 Å². The Bertz CT molecular complexity index is 680. The maximum Gasteiger partial charge on any atom is 0.252 e. The van der Waals surface area contributed by atoms with Crippen LogP contribution < -0.4 is 5.56 Å². The van der Waals surface area contributed by atoms with Crippen molar-refractivity contribution >= 4 is 22.7 Å². The van der Waals surface area contributed by atoms with Gasteiger partial charge >= 0.3 is 0 Å². The number of fused-ring (bicyclic) bond motifs is 1. The summed E-state index contributed by atoms with van der Waals surface area (Å²) in [6.45, 7) is 7.46. The standard InChI is InChI=1S/C17H22N2OS/c1-12(2)16-11-19(7-8-21-16)10-14-9-13-5-3-4-6-15(13)18-17(14)20/h3-6,9,12,16H,7-8,10-11H2,1-2H3,(H,18,20)/t16-/m0/s1. The minimum absolute atomic E-state index is 0.0491. The summed E-state index contributed by atoms with van der Waals surface area (Å²) in [5.41, 5.74) is 1.84. The first-order valence-corrected chi connectivity index (χ1v) is 8.63. The number of hydrogen-bond acceptors (Lipinski definition) is 3. The van der Waals surface area contributed by atoms with Crippen LogP contribution >= 0.6 is 11.8 Å². The second-order valence-electron chi connectivity index (χ2n) is 6.10. The zero-order valence-corrected chi connectivity index (χ0v) is 13.5. The summed E-state index contributed by atoms with van der Waals surface area (Å²) in [7, 11) is 0. The lowest BCUT2D eigenvalue weighted by Crippen LogP contribution is -2.40. The number of pyridine rings is 1. The van der Waals surface area contributed by atoms with Crippen molar-refractivity contribution in [2.75, 3.05) is 18.8 Å². The lowest BCUT2D eigenvalue weighted by Gasteiger charge is -2.34. The van der Waals surface area contributed by atoms with E-state index >= 15 is 0 Å². The molecule has 1 aliphatic heterocycles. The predicted molar refractivity (Wildman–Crippen MR) is 90.9 cm³/mol. The molecular weight excluding hydrogens is 280 g/mol. The van der Waals surface area contributed by atoms with Gasteiger partial charge in [0.15, 0.2) is 0 Å². The van der Waals surface area contributed by atoms with Gasteiger partial charge in [-0.1, -0.05) is 32.0 Å². The van der Waals surface area contributed by atoms with Crippen LogP contribution in [0.5, 0.6) is 0 Å². The van der Waals surface area contributed by atoms with E-state index in [0.717, 1.165) is 41.9 Å². The lowest BCUT2D eigenvalue weighted by atomic mass is 10.1. The van der Waals surface area contributed by atoms with E-state index in [1.54, 1.807) is 0 Å². The van der Waals surface area contributed by atoms with Crippen LogP contribution in [0, 0.1) is 5.92 Å². The Balaban J connectivity index is 1.81. The molecule has 2 aromatic rings.